The van der Waals surface area contributed by atoms with Crippen LogP contribution in [0, 0.1) is 0 Å². The third-order valence-corrected chi connectivity index (χ3v) is 6.29. The van der Waals surface area contributed by atoms with Gasteiger partial charge in [0.15, 0.2) is 0 Å². The molecule has 2 N–H and O–H groups in total. The number of carbonyl (C=O) groups excluding carboxylic acids is 2. The number of fused-ring (bicyclic) bond motifs is 3. The largest absolute Gasteiger partial charge is 0.448 e. The maximum atomic E-state index is 12.8. The normalized spacial score (nSPS) is 15.2. The Hall–Kier alpha value is -3.80. The first-order valence-electron chi connectivity index (χ1n) is 10.9. The van der Waals surface area contributed by atoms with E-state index >= 15 is 0 Å². The molecule has 2 aliphatic rings. The highest BCUT2D eigenvalue weighted by Crippen LogP contribution is 2.44. The van der Waals surface area contributed by atoms with Gasteiger partial charge in [0.25, 0.3) is 5.91 Å². The van der Waals surface area contributed by atoms with Crippen LogP contribution in [0.15, 0.2) is 72.8 Å². The van der Waals surface area contributed by atoms with Gasteiger partial charge >= 0.3 is 6.09 Å². The van der Waals surface area contributed by atoms with Crippen LogP contribution in [0.25, 0.3) is 11.1 Å². The quantitative estimate of drug-likeness (QED) is 0.642. The number of nitrogens with zero attached hydrogens (tertiary/aromatic N) is 2. The predicted octanol–water partition coefficient (Wildman–Crippen LogP) is 3.98. The zero-order valence-electron chi connectivity index (χ0n) is 17.7. The standard InChI is InChI=1S/C26H25N3O3/c27-19-7-5-6-18(16-19)25(30)28-12-14-29(15-13-28)26(31)32-17-24-22-10-3-1-8-20(22)21-9-2-4-11-23(21)24/h1-11,16,24H,12-15,17,27H2. The van der Waals surface area contributed by atoms with Crippen molar-refractivity contribution in [2.24, 2.45) is 0 Å². The number of anilines is 1. The van der Waals surface area contributed by atoms with Crippen LogP contribution in [-0.4, -0.2) is 54.6 Å². The summed E-state index contributed by atoms with van der Waals surface area (Å²) in [4.78, 5) is 28.9. The lowest BCUT2D eigenvalue weighted by molar-refractivity contribution is 0.0554. The molecule has 0 unspecified atom stereocenters. The van der Waals surface area contributed by atoms with Crippen molar-refractivity contribution < 1.29 is 14.3 Å². The number of amides is 2. The van der Waals surface area contributed by atoms with E-state index in [2.05, 4.69) is 24.3 Å². The number of hydrogen-bond acceptors (Lipinski definition) is 4. The Bertz CT molecular complexity index is 1120. The summed E-state index contributed by atoms with van der Waals surface area (Å²) in [6, 6.07) is 23.5. The highest BCUT2D eigenvalue weighted by Gasteiger charge is 2.31. The van der Waals surface area contributed by atoms with Gasteiger partial charge in [0, 0.05) is 43.3 Å². The Labute approximate surface area is 187 Å². The highest BCUT2D eigenvalue weighted by atomic mass is 16.6. The SMILES string of the molecule is Nc1cccc(C(=O)N2CCN(C(=O)OCC3c4ccccc4-c4ccccc43)CC2)c1. The number of rotatable bonds is 3. The Morgan fingerprint density at radius 3 is 2.03 bits per heavy atom. The van der Waals surface area contributed by atoms with Crippen LogP contribution < -0.4 is 5.73 Å². The topological polar surface area (TPSA) is 75.9 Å². The maximum absolute atomic E-state index is 12.8. The minimum absolute atomic E-state index is 0.0396. The van der Waals surface area contributed by atoms with Crippen LogP contribution in [0.2, 0.25) is 0 Å². The minimum atomic E-state index is -0.331. The molecule has 3 aromatic rings. The molecule has 0 bridgehead atoms. The van der Waals surface area contributed by atoms with E-state index in [4.69, 9.17) is 10.5 Å². The minimum Gasteiger partial charge on any atom is -0.448 e. The van der Waals surface area contributed by atoms with E-state index < -0.39 is 0 Å². The van der Waals surface area contributed by atoms with E-state index in [-0.39, 0.29) is 17.9 Å². The van der Waals surface area contributed by atoms with Gasteiger partial charge in [0.2, 0.25) is 0 Å². The first kappa shape index (κ1) is 20.1. The van der Waals surface area contributed by atoms with Gasteiger partial charge in [-0.3, -0.25) is 4.79 Å². The fourth-order valence-corrected chi connectivity index (χ4v) is 4.63. The lowest BCUT2D eigenvalue weighted by atomic mass is 9.98. The predicted molar refractivity (Wildman–Crippen MR) is 123 cm³/mol. The Morgan fingerprint density at radius 1 is 0.812 bits per heavy atom. The van der Waals surface area contributed by atoms with Crippen LogP contribution >= 0.6 is 0 Å². The van der Waals surface area contributed by atoms with Crippen molar-refractivity contribution in [2.75, 3.05) is 38.5 Å². The van der Waals surface area contributed by atoms with E-state index in [0.717, 1.165) is 0 Å². The summed E-state index contributed by atoms with van der Waals surface area (Å²) < 4.78 is 5.74. The van der Waals surface area contributed by atoms with Crippen LogP contribution in [0.3, 0.4) is 0 Å². The average Bonchev–Trinajstić information content (AvgIpc) is 3.16. The van der Waals surface area contributed by atoms with Gasteiger partial charge in [-0.05, 0) is 40.5 Å². The fraction of sp³-hybridized carbons (Fsp3) is 0.231. The number of nitrogens with two attached hydrogens (primary N) is 1. The maximum Gasteiger partial charge on any atom is 0.409 e. The van der Waals surface area contributed by atoms with Crippen molar-refractivity contribution in [3.05, 3.63) is 89.5 Å². The molecule has 2 amide bonds. The summed E-state index contributed by atoms with van der Waals surface area (Å²) in [5, 5.41) is 0. The van der Waals surface area contributed by atoms with Gasteiger partial charge in [0.1, 0.15) is 6.61 Å². The lowest BCUT2D eigenvalue weighted by Gasteiger charge is -2.34. The molecule has 162 valence electrons. The molecule has 0 spiro atoms. The van der Waals surface area contributed by atoms with Gasteiger partial charge < -0.3 is 20.3 Å². The van der Waals surface area contributed by atoms with Gasteiger partial charge in [-0.1, -0.05) is 54.6 Å². The molecule has 1 heterocycles. The molecule has 1 saturated heterocycles. The van der Waals surface area contributed by atoms with Crippen molar-refractivity contribution in [2.45, 2.75) is 5.92 Å². The zero-order chi connectivity index (χ0) is 22.1. The van der Waals surface area contributed by atoms with Crippen molar-refractivity contribution in [1.29, 1.82) is 0 Å². The van der Waals surface area contributed by atoms with Gasteiger partial charge in [-0.25, -0.2) is 4.79 Å². The molecule has 5 rings (SSSR count). The highest BCUT2D eigenvalue weighted by molar-refractivity contribution is 5.95. The second-order valence-electron chi connectivity index (χ2n) is 8.21. The average molecular weight is 428 g/mol. The lowest BCUT2D eigenvalue weighted by Crippen LogP contribution is -2.50. The van der Waals surface area contributed by atoms with E-state index in [1.807, 2.05) is 24.3 Å². The van der Waals surface area contributed by atoms with E-state index in [9.17, 15) is 9.59 Å². The van der Waals surface area contributed by atoms with Gasteiger partial charge in [-0.2, -0.15) is 0 Å². The Morgan fingerprint density at radius 2 is 1.41 bits per heavy atom. The monoisotopic (exact) mass is 427 g/mol. The molecule has 1 aliphatic carbocycles. The van der Waals surface area contributed by atoms with Crippen LogP contribution in [0.4, 0.5) is 10.5 Å². The third-order valence-electron chi connectivity index (χ3n) is 6.29. The first-order valence-corrected chi connectivity index (χ1v) is 10.9. The fourth-order valence-electron chi connectivity index (χ4n) is 4.63. The third kappa shape index (κ3) is 3.68. The van der Waals surface area contributed by atoms with Crippen LogP contribution in [0.5, 0.6) is 0 Å². The summed E-state index contributed by atoms with van der Waals surface area (Å²) in [6.07, 6.45) is -0.331. The molecule has 32 heavy (non-hydrogen) atoms. The number of carbonyl (C=O) groups is 2. The Kier molecular flexibility index (Phi) is 5.27. The number of piperazine rings is 1. The summed E-state index contributed by atoms with van der Waals surface area (Å²) in [5.41, 5.74) is 11.7. The molecule has 3 aromatic carbocycles. The number of hydrogen-bond donors (Lipinski definition) is 1. The van der Waals surface area contributed by atoms with Crippen molar-refractivity contribution in [3.63, 3.8) is 0 Å². The van der Waals surface area contributed by atoms with Gasteiger partial charge in [-0.15, -0.1) is 0 Å². The van der Waals surface area contributed by atoms with E-state index in [1.165, 1.54) is 22.3 Å². The molecule has 1 aliphatic heterocycles. The van der Waals surface area contributed by atoms with Crippen molar-refractivity contribution in [3.8, 4) is 11.1 Å². The Balaban J connectivity index is 1.20. The molecule has 0 radical (unpaired) electrons. The van der Waals surface area contributed by atoms with Crippen molar-refractivity contribution in [1.82, 2.24) is 9.80 Å². The van der Waals surface area contributed by atoms with E-state index in [1.54, 1.807) is 34.1 Å². The summed E-state index contributed by atoms with van der Waals surface area (Å²) in [7, 11) is 0. The zero-order valence-corrected chi connectivity index (χ0v) is 17.7. The first-order chi connectivity index (χ1) is 15.6. The summed E-state index contributed by atoms with van der Waals surface area (Å²) >= 11 is 0. The van der Waals surface area contributed by atoms with Crippen LogP contribution in [-0.2, 0) is 4.74 Å². The number of benzene rings is 3. The molecule has 6 nitrogen and oxygen atoms in total. The number of ether oxygens (including phenoxy) is 1. The molecule has 0 saturated carbocycles. The molecular weight excluding hydrogens is 402 g/mol. The molecule has 1 fully saturated rings. The van der Waals surface area contributed by atoms with Crippen LogP contribution in [0.1, 0.15) is 27.4 Å². The molecule has 0 aromatic heterocycles. The molecular formula is C26H25N3O3. The second kappa shape index (κ2) is 8.38. The van der Waals surface area contributed by atoms with E-state index in [0.29, 0.717) is 44.0 Å². The summed E-state index contributed by atoms with van der Waals surface area (Å²) in [5.74, 6) is -0.0257. The van der Waals surface area contributed by atoms with Gasteiger partial charge in [0.05, 0.1) is 0 Å². The smallest absolute Gasteiger partial charge is 0.409 e. The molecule has 6 heteroatoms. The molecule has 0 atom stereocenters. The number of nitrogen functional groups attached to an aromatic ring is 1. The van der Waals surface area contributed by atoms with Crippen molar-refractivity contribution >= 4 is 17.7 Å². The second-order valence-corrected chi connectivity index (χ2v) is 8.21. The summed E-state index contributed by atoms with van der Waals surface area (Å²) in [6.45, 7) is 2.14.